The lowest BCUT2D eigenvalue weighted by Crippen LogP contribution is -2.51. The molecule has 2 atom stereocenters. The smallest absolute Gasteiger partial charge is 0.268 e. The van der Waals surface area contributed by atoms with E-state index >= 15 is 0 Å². The highest BCUT2D eigenvalue weighted by molar-refractivity contribution is 5.97. The van der Waals surface area contributed by atoms with Crippen molar-refractivity contribution in [3.05, 3.63) is 95.3 Å². The second-order valence-corrected chi connectivity index (χ2v) is 8.30. The molecule has 1 heterocycles. The number of carbonyl (C=O) groups is 3. The second-order valence-electron chi connectivity index (χ2n) is 8.30. The Hall–Kier alpha value is -5.21. The summed E-state index contributed by atoms with van der Waals surface area (Å²) in [6.45, 7) is 2.21. The van der Waals surface area contributed by atoms with Crippen molar-refractivity contribution in [2.45, 2.75) is 25.6 Å². The summed E-state index contributed by atoms with van der Waals surface area (Å²) in [5.74, 6) is 4.42. The zero-order chi connectivity index (χ0) is 28.0. The summed E-state index contributed by atoms with van der Waals surface area (Å²) in [6.07, 6.45) is 3.40. The number of hydrogen-bond donors (Lipinski definition) is 6. The first-order chi connectivity index (χ1) is 18.9. The molecule has 12 heteroatoms. The fourth-order valence-electron chi connectivity index (χ4n) is 3.37. The predicted octanol–water partition coefficient (Wildman–Crippen LogP) is 1.75. The van der Waals surface area contributed by atoms with Crippen LogP contribution < -0.4 is 26.3 Å². The van der Waals surface area contributed by atoms with Crippen LogP contribution in [0, 0.1) is 17.4 Å². The van der Waals surface area contributed by atoms with E-state index in [0.29, 0.717) is 17.8 Å². The topological polar surface area (TPSA) is 183 Å². The lowest BCUT2D eigenvalue weighted by atomic mass is 10.1. The first kappa shape index (κ1) is 28.4. The number of anilines is 1. The average molecular weight is 528 g/mol. The largest absolute Gasteiger partial charge is 0.338 e. The van der Waals surface area contributed by atoms with Crippen LogP contribution in [0.15, 0.2) is 78.2 Å². The molecular formula is C27H27N8O4+. The Kier molecular flexibility index (Phi) is 10.6. The lowest BCUT2D eigenvalue weighted by Gasteiger charge is -2.16. The molecule has 0 unspecified atom stereocenters. The first-order valence-electron chi connectivity index (χ1n) is 11.8. The summed E-state index contributed by atoms with van der Waals surface area (Å²) in [7, 11) is 0. The molecule has 0 saturated heterocycles. The van der Waals surface area contributed by atoms with Crippen LogP contribution >= 0.6 is 0 Å². The molecule has 198 valence electrons. The molecule has 0 spiro atoms. The quantitative estimate of drug-likeness (QED) is 0.0767. The molecular weight excluding hydrogens is 500 g/mol. The number of benzene rings is 2. The summed E-state index contributed by atoms with van der Waals surface area (Å²) < 4.78 is 0. The molecule has 1 aromatic heterocycles. The maximum absolute atomic E-state index is 12.5. The Labute approximate surface area is 224 Å². The number of aromatic nitrogens is 1. The number of nitrogens with one attached hydrogen (secondary N) is 5. The SMILES string of the molecule is C[C@@H](N=[N+]=N)[C@H](NC(=O)c1ccc(C#Cc2ccc(NC(=O)CNCc3ccncc3)cc2)cc1)C(=O)NO. The highest BCUT2D eigenvalue weighted by atomic mass is 16.5. The van der Waals surface area contributed by atoms with Gasteiger partial charge in [-0.15, -0.1) is 0 Å². The average Bonchev–Trinajstić information content (AvgIpc) is 2.96. The van der Waals surface area contributed by atoms with E-state index in [1.54, 1.807) is 60.9 Å². The standard InChI is InChI=1S/C27H26N8O4/c1-18(33-35-28)25(27(38)34-39)32-26(37)22-8-4-19(5-9-22)2-3-20-6-10-23(11-7-20)31-24(36)17-30-16-21-12-14-29-15-13-21/h4-15,18,25,28,30H,16-17H2,1H3,(H3-,31,32,34,36,37,38,39)/p+1/t18-,25+/m1/s1. The Bertz CT molecular complexity index is 1390. The van der Waals surface area contributed by atoms with Gasteiger partial charge >= 0.3 is 0 Å². The van der Waals surface area contributed by atoms with E-state index in [9.17, 15) is 14.4 Å². The third kappa shape index (κ3) is 8.99. The zero-order valence-corrected chi connectivity index (χ0v) is 21.0. The fourth-order valence-corrected chi connectivity index (χ4v) is 3.37. The van der Waals surface area contributed by atoms with Crippen molar-refractivity contribution in [1.82, 2.24) is 26.0 Å². The molecule has 3 amide bonds. The van der Waals surface area contributed by atoms with Gasteiger partial charge in [-0.2, -0.15) is 0 Å². The number of hydroxylamine groups is 1. The normalized spacial score (nSPS) is 11.5. The summed E-state index contributed by atoms with van der Waals surface area (Å²) >= 11 is 0. The van der Waals surface area contributed by atoms with Gasteiger partial charge in [0, 0.05) is 41.3 Å². The van der Waals surface area contributed by atoms with E-state index in [-0.39, 0.29) is 18.0 Å². The van der Waals surface area contributed by atoms with Gasteiger partial charge in [0.05, 0.1) is 6.54 Å². The molecule has 6 N–H and O–H groups in total. The number of amides is 3. The zero-order valence-electron chi connectivity index (χ0n) is 21.0. The van der Waals surface area contributed by atoms with E-state index in [0.717, 1.165) is 11.1 Å². The molecule has 0 radical (unpaired) electrons. The molecule has 0 fully saturated rings. The van der Waals surface area contributed by atoms with Crippen molar-refractivity contribution < 1.29 is 19.6 Å². The third-order valence-electron chi connectivity index (χ3n) is 5.43. The van der Waals surface area contributed by atoms with E-state index in [1.807, 2.05) is 12.1 Å². The highest BCUT2D eigenvalue weighted by Gasteiger charge is 2.30. The molecule has 0 bridgehead atoms. The molecule has 0 aliphatic carbocycles. The van der Waals surface area contributed by atoms with E-state index in [2.05, 4.69) is 42.8 Å². The van der Waals surface area contributed by atoms with Crippen molar-refractivity contribution in [1.29, 1.82) is 5.53 Å². The summed E-state index contributed by atoms with van der Waals surface area (Å²) in [4.78, 5) is 43.4. The molecule has 0 aliphatic heterocycles. The molecule has 12 nitrogen and oxygen atoms in total. The minimum Gasteiger partial charge on any atom is -0.338 e. The number of pyridine rings is 1. The molecule has 3 rings (SSSR count). The summed E-state index contributed by atoms with van der Waals surface area (Å²) in [5, 5.41) is 20.8. The van der Waals surface area contributed by atoms with Gasteiger partial charge in [-0.25, -0.2) is 5.48 Å². The van der Waals surface area contributed by atoms with Gasteiger partial charge in [0.25, 0.3) is 11.8 Å². The van der Waals surface area contributed by atoms with Crippen molar-refractivity contribution >= 4 is 23.4 Å². The molecule has 0 aliphatic rings. The number of hydrogen-bond acceptors (Lipinski definition) is 8. The van der Waals surface area contributed by atoms with Gasteiger partial charge < -0.3 is 16.0 Å². The van der Waals surface area contributed by atoms with Gasteiger partial charge in [-0.05, 0) is 73.2 Å². The van der Waals surface area contributed by atoms with Gasteiger partial charge in [-0.1, -0.05) is 11.8 Å². The van der Waals surface area contributed by atoms with E-state index < -0.39 is 23.9 Å². The van der Waals surface area contributed by atoms with E-state index in [1.165, 1.54) is 12.4 Å². The molecule has 39 heavy (non-hydrogen) atoms. The Morgan fingerprint density at radius 1 is 1.00 bits per heavy atom. The van der Waals surface area contributed by atoms with Crippen LogP contribution in [0.2, 0.25) is 0 Å². The molecule has 3 aromatic rings. The van der Waals surface area contributed by atoms with Gasteiger partial charge in [-0.3, -0.25) is 24.6 Å². The van der Waals surface area contributed by atoms with Crippen LogP contribution in [0.5, 0.6) is 0 Å². The van der Waals surface area contributed by atoms with Crippen LogP contribution in [-0.4, -0.2) is 46.5 Å². The minimum atomic E-state index is -1.22. The maximum atomic E-state index is 12.5. The van der Waals surface area contributed by atoms with Crippen LogP contribution in [0.25, 0.3) is 0 Å². The van der Waals surface area contributed by atoms with Crippen molar-refractivity contribution in [3.8, 4) is 11.8 Å². The van der Waals surface area contributed by atoms with Crippen LogP contribution in [0.4, 0.5) is 5.69 Å². The Balaban J connectivity index is 1.53. The maximum Gasteiger partial charge on any atom is 0.268 e. The van der Waals surface area contributed by atoms with Crippen molar-refractivity contribution in [2.75, 3.05) is 11.9 Å². The van der Waals surface area contributed by atoms with Crippen LogP contribution in [-0.2, 0) is 16.1 Å². The Morgan fingerprint density at radius 2 is 1.62 bits per heavy atom. The summed E-state index contributed by atoms with van der Waals surface area (Å²) in [6, 6.07) is 15.2. The monoisotopic (exact) mass is 527 g/mol. The van der Waals surface area contributed by atoms with E-state index in [4.69, 9.17) is 10.7 Å². The van der Waals surface area contributed by atoms with Crippen LogP contribution in [0.3, 0.4) is 0 Å². The second kappa shape index (κ2) is 14.5. The number of nitrogens with zero attached hydrogens (tertiary/aromatic N) is 3. The lowest BCUT2D eigenvalue weighted by molar-refractivity contribution is -0.131. The summed E-state index contributed by atoms with van der Waals surface area (Å²) in [5.41, 5.74) is 11.6. The Morgan fingerprint density at radius 3 is 2.21 bits per heavy atom. The van der Waals surface area contributed by atoms with Gasteiger partial charge in [0.15, 0.2) is 6.04 Å². The first-order valence-corrected chi connectivity index (χ1v) is 11.8. The van der Waals surface area contributed by atoms with Gasteiger partial charge in [0.1, 0.15) is 16.7 Å². The van der Waals surface area contributed by atoms with Crippen molar-refractivity contribution in [2.24, 2.45) is 5.11 Å². The van der Waals surface area contributed by atoms with Crippen molar-refractivity contribution in [3.63, 3.8) is 0 Å². The van der Waals surface area contributed by atoms with Crippen LogP contribution in [0.1, 0.15) is 34.0 Å². The minimum absolute atomic E-state index is 0.162. The number of rotatable bonds is 10. The number of carbonyl (C=O) groups excluding carboxylic acids is 3. The third-order valence-corrected chi connectivity index (χ3v) is 5.43. The van der Waals surface area contributed by atoms with Gasteiger partial charge in [0.2, 0.25) is 10.8 Å². The molecule has 0 saturated carbocycles. The predicted molar refractivity (Wildman–Crippen MR) is 141 cm³/mol. The molecule has 2 aromatic carbocycles. The fraction of sp³-hybridized carbons (Fsp3) is 0.185. The highest BCUT2D eigenvalue weighted by Crippen LogP contribution is 2.10.